The molecule has 0 N–H and O–H groups in total. The van der Waals surface area contributed by atoms with Crippen LogP contribution in [0.2, 0.25) is 0 Å². The van der Waals surface area contributed by atoms with E-state index in [0.29, 0.717) is 5.54 Å². The van der Waals surface area contributed by atoms with Crippen molar-refractivity contribution in [2.24, 2.45) is 0 Å². The van der Waals surface area contributed by atoms with Gasteiger partial charge in [0.2, 0.25) is 0 Å². The Kier molecular flexibility index (Phi) is 3.06. The summed E-state index contributed by atoms with van der Waals surface area (Å²) in [6, 6.07) is 0.897. The quantitative estimate of drug-likeness (QED) is 0.549. The third-order valence-corrected chi connectivity index (χ3v) is 4.22. The van der Waals surface area contributed by atoms with E-state index in [1.807, 2.05) is 0 Å². The summed E-state index contributed by atoms with van der Waals surface area (Å²) < 4.78 is 1.19. The van der Waals surface area contributed by atoms with Gasteiger partial charge in [-0.2, -0.15) is 0 Å². The third kappa shape index (κ3) is 2.25. The zero-order valence-corrected chi connectivity index (χ0v) is 10.1. The summed E-state index contributed by atoms with van der Waals surface area (Å²) >= 11 is 0. The van der Waals surface area contributed by atoms with Gasteiger partial charge >= 0.3 is 0 Å². The minimum Gasteiger partial charge on any atom is -0.322 e. The lowest BCUT2D eigenvalue weighted by Gasteiger charge is -2.49. The maximum atomic E-state index is 2.40. The molecule has 0 aromatic heterocycles. The van der Waals surface area contributed by atoms with Crippen molar-refractivity contribution in [3.63, 3.8) is 0 Å². The first kappa shape index (κ1) is 11.0. The maximum Gasteiger partial charge on any atom is 0.0905 e. The Balaban J connectivity index is 2.67. The average Bonchev–Trinajstić information content (AvgIpc) is 2.04. The second kappa shape index (κ2) is 3.61. The Hall–Kier alpha value is -0.0400. The first-order chi connectivity index (χ1) is 5.86. The zero-order chi connectivity index (χ0) is 10.1. The molecule has 0 atom stereocenters. The Morgan fingerprint density at radius 2 is 1.38 bits per heavy atom. The van der Waals surface area contributed by atoms with Gasteiger partial charge in [0.15, 0.2) is 0 Å². The molecule has 1 nitrogen and oxygen atoms in total. The molecule has 1 rings (SSSR count). The van der Waals surface area contributed by atoms with Crippen LogP contribution in [-0.4, -0.2) is 30.2 Å². The fourth-order valence-electron chi connectivity index (χ4n) is 2.27. The topological polar surface area (TPSA) is 0 Å². The molecule has 0 bridgehead atoms. The molecule has 78 valence electrons. The molecule has 1 aliphatic carbocycles. The van der Waals surface area contributed by atoms with Crippen molar-refractivity contribution < 1.29 is 4.48 Å². The van der Waals surface area contributed by atoms with Crippen LogP contribution in [-0.2, 0) is 0 Å². The Morgan fingerprint density at radius 3 is 1.77 bits per heavy atom. The van der Waals surface area contributed by atoms with E-state index in [0.717, 1.165) is 6.04 Å². The smallest absolute Gasteiger partial charge is 0.0905 e. The lowest BCUT2D eigenvalue weighted by atomic mass is 9.89. The predicted octanol–water partition coefficient (Wildman–Crippen LogP) is 3.19. The van der Waals surface area contributed by atoms with Crippen molar-refractivity contribution in [1.82, 2.24) is 0 Å². The maximum absolute atomic E-state index is 2.40. The van der Waals surface area contributed by atoms with E-state index in [2.05, 4.69) is 34.9 Å². The monoisotopic (exact) mass is 184 g/mol. The van der Waals surface area contributed by atoms with Crippen molar-refractivity contribution in [2.45, 2.75) is 64.5 Å². The average molecular weight is 184 g/mol. The Morgan fingerprint density at radius 1 is 0.923 bits per heavy atom. The van der Waals surface area contributed by atoms with Gasteiger partial charge in [-0.3, -0.25) is 0 Å². The minimum atomic E-state index is 0.391. The number of nitrogens with zero attached hydrogens (tertiary/aromatic N) is 1. The van der Waals surface area contributed by atoms with Gasteiger partial charge in [-0.25, -0.2) is 0 Å². The summed E-state index contributed by atoms with van der Waals surface area (Å²) in [5, 5.41) is 0. The van der Waals surface area contributed by atoms with Crippen molar-refractivity contribution >= 4 is 0 Å². The van der Waals surface area contributed by atoms with E-state index in [1.165, 1.54) is 36.6 Å². The molecule has 0 aromatic rings. The molecule has 0 amide bonds. The van der Waals surface area contributed by atoms with Crippen LogP contribution in [0.1, 0.15) is 52.9 Å². The molecule has 1 heteroatoms. The molecule has 1 saturated carbocycles. The van der Waals surface area contributed by atoms with Crippen LogP contribution in [0.4, 0.5) is 0 Å². The van der Waals surface area contributed by atoms with Gasteiger partial charge in [-0.05, 0) is 46.5 Å². The van der Waals surface area contributed by atoms with Crippen LogP contribution in [0.15, 0.2) is 0 Å². The van der Waals surface area contributed by atoms with Crippen LogP contribution >= 0.6 is 0 Å². The third-order valence-electron chi connectivity index (χ3n) is 4.22. The molecular formula is C12H26N+. The minimum absolute atomic E-state index is 0.391. The molecule has 0 aliphatic heterocycles. The lowest BCUT2D eigenvalue weighted by molar-refractivity contribution is -0.959. The largest absolute Gasteiger partial charge is 0.322 e. The van der Waals surface area contributed by atoms with Crippen LogP contribution in [0.5, 0.6) is 0 Å². The normalized spacial score (nSPS) is 21.9. The van der Waals surface area contributed by atoms with Gasteiger partial charge in [-0.1, -0.05) is 6.42 Å². The second-order valence-electron chi connectivity index (χ2n) is 6.00. The van der Waals surface area contributed by atoms with E-state index < -0.39 is 0 Å². The molecular weight excluding hydrogens is 158 g/mol. The first-order valence-corrected chi connectivity index (χ1v) is 5.69. The van der Waals surface area contributed by atoms with Gasteiger partial charge in [-0.15, -0.1) is 0 Å². The van der Waals surface area contributed by atoms with E-state index in [4.69, 9.17) is 0 Å². The zero-order valence-electron chi connectivity index (χ0n) is 10.1. The van der Waals surface area contributed by atoms with E-state index >= 15 is 0 Å². The SMILES string of the molecule is CC(C)(C)[N+](C)(C)C1CCCCC1. The Bertz CT molecular complexity index is 158. The highest BCUT2D eigenvalue weighted by Crippen LogP contribution is 2.32. The Labute approximate surface area is 83.7 Å². The molecule has 0 aromatic carbocycles. The number of quaternary nitrogens is 1. The van der Waals surface area contributed by atoms with Gasteiger partial charge in [0.1, 0.15) is 0 Å². The van der Waals surface area contributed by atoms with Crippen molar-refractivity contribution in [3.8, 4) is 0 Å². The summed E-state index contributed by atoms with van der Waals surface area (Å²) in [5.74, 6) is 0. The number of hydrogen-bond acceptors (Lipinski definition) is 0. The van der Waals surface area contributed by atoms with Crippen LogP contribution in [0.3, 0.4) is 0 Å². The summed E-state index contributed by atoms with van der Waals surface area (Å²) in [5.41, 5.74) is 0.391. The molecule has 1 fully saturated rings. The van der Waals surface area contributed by atoms with E-state index in [9.17, 15) is 0 Å². The summed E-state index contributed by atoms with van der Waals surface area (Å²) in [7, 11) is 4.80. The van der Waals surface area contributed by atoms with Crippen molar-refractivity contribution in [3.05, 3.63) is 0 Å². The van der Waals surface area contributed by atoms with E-state index in [-0.39, 0.29) is 0 Å². The number of rotatable bonds is 1. The summed E-state index contributed by atoms with van der Waals surface area (Å²) in [6.07, 6.45) is 7.22. The summed E-state index contributed by atoms with van der Waals surface area (Å²) in [4.78, 5) is 0. The molecule has 13 heavy (non-hydrogen) atoms. The molecule has 0 heterocycles. The lowest BCUT2D eigenvalue weighted by Crippen LogP contribution is -2.60. The fourth-order valence-corrected chi connectivity index (χ4v) is 2.27. The number of hydrogen-bond donors (Lipinski definition) is 0. The van der Waals surface area contributed by atoms with Gasteiger partial charge < -0.3 is 4.48 Å². The van der Waals surface area contributed by atoms with Gasteiger partial charge in [0, 0.05) is 0 Å². The van der Waals surface area contributed by atoms with Crippen LogP contribution in [0, 0.1) is 0 Å². The second-order valence-corrected chi connectivity index (χ2v) is 6.00. The highest BCUT2D eigenvalue weighted by molar-refractivity contribution is 4.71. The van der Waals surface area contributed by atoms with Crippen LogP contribution in [0.25, 0.3) is 0 Å². The molecule has 0 spiro atoms. The molecule has 1 aliphatic rings. The first-order valence-electron chi connectivity index (χ1n) is 5.69. The standard InChI is InChI=1S/C12H26N/c1-12(2,3)13(4,5)11-9-7-6-8-10-11/h11H,6-10H2,1-5H3/q+1. The summed E-state index contributed by atoms with van der Waals surface area (Å²) in [6.45, 7) is 7.09. The van der Waals surface area contributed by atoms with Crippen LogP contribution < -0.4 is 0 Å². The predicted molar refractivity (Wildman–Crippen MR) is 58.7 cm³/mol. The molecule has 0 unspecified atom stereocenters. The molecule has 0 saturated heterocycles. The highest BCUT2D eigenvalue weighted by Gasteiger charge is 2.39. The van der Waals surface area contributed by atoms with Gasteiger partial charge in [0.25, 0.3) is 0 Å². The van der Waals surface area contributed by atoms with Gasteiger partial charge in [0.05, 0.1) is 25.7 Å². The highest BCUT2D eigenvalue weighted by atomic mass is 15.4. The fraction of sp³-hybridized carbons (Fsp3) is 1.00. The molecule has 0 radical (unpaired) electrons. The van der Waals surface area contributed by atoms with Crippen molar-refractivity contribution in [1.29, 1.82) is 0 Å². The van der Waals surface area contributed by atoms with Crippen molar-refractivity contribution in [2.75, 3.05) is 14.1 Å². The van der Waals surface area contributed by atoms with E-state index in [1.54, 1.807) is 0 Å².